The average Bonchev–Trinajstić information content (AvgIpc) is 3.11. The largest absolute Gasteiger partial charge is 0.314 e. The van der Waals surface area contributed by atoms with Gasteiger partial charge in [0.1, 0.15) is 0 Å². The van der Waals surface area contributed by atoms with E-state index in [9.17, 15) is 8.42 Å². The van der Waals surface area contributed by atoms with E-state index < -0.39 is 10.0 Å². The Bertz CT molecular complexity index is 526. The van der Waals surface area contributed by atoms with E-state index in [1.165, 1.54) is 28.5 Å². The first-order valence-electron chi connectivity index (χ1n) is 6.89. The minimum absolute atomic E-state index is 0.217. The third kappa shape index (κ3) is 5.33. The topological polar surface area (TPSA) is 49.4 Å². The smallest absolute Gasteiger partial charge is 0.214 e. The van der Waals surface area contributed by atoms with Crippen LogP contribution in [0.25, 0.3) is 0 Å². The van der Waals surface area contributed by atoms with E-state index in [1.807, 2.05) is 6.07 Å². The summed E-state index contributed by atoms with van der Waals surface area (Å²) >= 11 is 7.27. The van der Waals surface area contributed by atoms with Gasteiger partial charge < -0.3 is 5.32 Å². The third-order valence-corrected chi connectivity index (χ3v) is 6.42. The summed E-state index contributed by atoms with van der Waals surface area (Å²) in [6.45, 7) is 1.32. The van der Waals surface area contributed by atoms with Crippen molar-refractivity contribution in [3.05, 3.63) is 21.3 Å². The Labute approximate surface area is 130 Å². The van der Waals surface area contributed by atoms with Crippen LogP contribution in [-0.4, -0.2) is 38.1 Å². The van der Waals surface area contributed by atoms with Crippen LogP contribution in [0.3, 0.4) is 0 Å². The Morgan fingerprint density at radius 3 is 2.75 bits per heavy atom. The maximum Gasteiger partial charge on any atom is 0.214 e. The molecule has 0 bridgehead atoms. The van der Waals surface area contributed by atoms with Crippen LogP contribution in [0, 0.1) is 0 Å². The molecule has 0 spiro atoms. The fraction of sp³-hybridized carbons (Fsp3) is 0.692. The molecule has 1 aromatic rings. The van der Waals surface area contributed by atoms with E-state index in [2.05, 4.69) is 5.32 Å². The van der Waals surface area contributed by atoms with Crippen molar-refractivity contribution in [2.24, 2.45) is 0 Å². The number of halogens is 1. The SMILES string of the molecule is CN(Cc1ccc(Cl)s1)S(=O)(=O)CCCCNC1CC1. The summed E-state index contributed by atoms with van der Waals surface area (Å²) < 4.78 is 26.4. The second-order valence-corrected chi connectivity index (χ2v) is 9.21. The van der Waals surface area contributed by atoms with Gasteiger partial charge in [0.15, 0.2) is 0 Å². The van der Waals surface area contributed by atoms with Crippen molar-refractivity contribution < 1.29 is 8.42 Å². The van der Waals surface area contributed by atoms with Crippen molar-refractivity contribution in [2.75, 3.05) is 19.3 Å². The molecular weight excluding hydrogens is 316 g/mol. The van der Waals surface area contributed by atoms with Crippen LogP contribution in [0.1, 0.15) is 30.6 Å². The zero-order valence-electron chi connectivity index (χ0n) is 11.6. The molecule has 1 fully saturated rings. The molecule has 1 N–H and O–H groups in total. The van der Waals surface area contributed by atoms with Gasteiger partial charge in [0.2, 0.25) is 10.0 Å². The van der Waals surface area contributed by atoms with Crippen LogP contribution in [0.4, 0.5) is 0 Å². The molecule has 1 aliphatic rings. The van der Waals surface area contributed by atoms with Crippen LogP contribution in [-0.2, 0) is 16.6 Å². The zero-order valence-corrected chi connectivity index (χ0v) is 14.0. The summed E-state index contributed by atoms with van der Waals surface area (Å²) in [6, 6.07) is 4.36. The van der Waals surface area contributed by atoms with Gasteiger partial charge in [0, 0.05) is 24.5 Å². The molecule has 0 amide bonds. The predicted octanol–water partition coefficient (Wildman–Crippen LogP) is 2.70. The first-order chi connectivity index (χ1) is 9.47. The fourth-order valence-electron chi connectivity index (χ4n) is 1.91. The van der Waals surface area contributed by atoms with Crippen molar-refractivity contribution >= 4 is 33.0 Å². The minimum atomic E-state index is -3.17. The first-order valence-corrected chi connectivity index (χ1v) is 9.69. The summed E-state index contributed by atoms with van der Waals surface area (Å²) in [4.78, 5) is 0.969. The normalized spacial score (nSPS) is 15.9. The molecule has 0 aliphatic heterocycles. The molecule has 0 saturated heterocycles. The molecule has 7 heteroatoms. The van der Waals surface area contributed by atoms with E-state index in [-0.39, 0.29) is 5.75 Å². The van der Waals surface area contributed by atoms with E-state index in [4.69, 9.17) is 11.6 Å². The highest BCUT2D eigenvalue weighted by atomic mass is 35.5. The second kappa shape index (κ2) is 7.22. The van der Waals surface area contributed by atoms with Gasteiger partial charge in [0.25, 0.3) is 0 Å². The highest BCUT2D eigenvalue weighted by molar-refractivity contribution is 7.89. The Morgan fingerprint density at radius 1 is 1.40 bits per heavy atom. The van der Waals surface area contributed by atoms with Crippen molar-refractivity contribution in [2.45, 2.75) is 38.3 Å². The molecule has 4 nitrogen and oxygen atoms in total. The predicted molar refractivity (Wildman–Crippen MR) is 84.8 cm³/mol. The highest BCUT2D eigenvalue weighted by Crippen LogP contribution is 2.23. The summed E-state index contributed by atoms with van der Waals surface area (Å²) in [6.07, 6.45) is 4.15. The molecule has 2 rings (SSSR count). The zero-order chi connectivity index (χ0) is 14.6. The molecule has 0 radical (unpaired) electrons. The summed E-state index contributed by atoms with van der Waals surface area (Å²) in [5.74, 6) is 0.217. The van der Waals surface area contributed by atoms with Crippen LogP contribution < -0.4 is 5.32 Å². The number of hydrogen-bond acceptors (Lipinski definition) is 4. The van der Waals surface area contributed by atoms with Crippen LogP contribution in [0.5, 0.6) is 0 Å². The lowest BCUT2D eigenvalue weighted by Crippen LogP contribution is -2.29. The molecule has 1 aromatic heterocycles. The van der Waals surface area contributed by atoms with Gasteiger partial charge in [-0.25, -0.2) is 8.42 Å². The van der Waals surface area contributed by atoms with Crippen LogP contribution in [0.15, 0.2) is 12.1 Å². The molecule has 1 heterocycles. The Kier molecular flexibility index (Phi) is 5.86. The Balaban J connectivity index is 1.70. The minimum Gasteiger partial charge on any atom is -0.314 e. The first kappa shape index (κ1) is 16.2. The monoisotopic (exact) mass is 336 g/mol. The van der Waals surface area contributed by atoms with Gasteiger partial charge in [-0.15, -0.1) is 11.3 Å². The van der Waals surface area contributed by atoms with E-state index in [0.29, 0.717) is 23.3 Å². The molecule has 0 aromatic carbocycles. The lowest BCUT2D eigenvalue weighted by atomic mass is 10.3. The van der Waals surface area contributed by atoms with Gasteiger partial charge in [-0.3, -0.25) is 0 Å². The van der Waals surface area contributed by atoms with Crippen LogP contribution >= 0.6 is 22.9 Å². The lowest BCUT2D eigenvalue weighted by Gasteiger charge is -2.16. The standard InChI is InChI=1S/C13H21ClN2O2S2/c1-16(10-12-6-7-13(14)19-12)20(17,18)9-3-2-8-15-11-4-5-11/h6-7,11,15H,2-5,8-10H2,1H3. The third-order valence-electron chi connectivity index (χ3n) is 3.32. The van der Waals surface area contributed by atoms with Crippen molar-refractivity contribution in [3.8, 4) is 0 Å². The Hall–Kier alpha value is -0.140. The molecule has 0 unspecified atom stereocenters. The number of nitrogens with one attached hydrogen (secondary N) is 1. The molecule has 1 saturated carbocycles. The number of unbranched alkanes of at least 4 members (excludes halogenated alkanes) is 1. The summed E-state index contributed by atoms with van der Waals surface area (Å²) in [5, 5.41) is 3.39. The van der Waals surface area contributed by atoms with Crippen molar-refractivity contribution in [3.63, 3.8) is 0 Å². The number of hydrogen-bond donors (Lipinski definition) is 1. The fourth-order valence-corrected chi connectivity index (χ4v) is 4.35. The number of thiophene rings is 1. The maximum absolute atomic E-state index is 12.1. The molecular formula is C13H21ClN2O2S2. The van der Waals surface area contributed by atoms with Gasteiger partial charge in [-0.2, -0.15) is 4.31 Å². The van der Waals surface area contributed by atoms with Gasteiger partial charge in [-0.05, 0) is 44.4 Å². The van der Waals surface area contributed by atoms with Gasteiger partial charge >= 0.3 is 0 Å². The van der Waals surface area contributed by atoms with E-state index >= 15 is 0 Å². The lowest BCUT2D eigenvalue weighted by molar-refractivity contribution is 0.467. The Morgan fingerprint density at radius 2 is 2.15 bits per heavy atom. The van der Waals surface area contributed by atoms with Crippen molar-refractivity contribution in [1.29, 1.82) is 0 Å². The molecule has 20 heavy (non-hydrogen) atoms. The van der Waals surface area contributed by atoms with E-state index in [0.717, 1.165) is 17.8 Å². The molecule has 0 atom stereocenters. The van der Waals surface area contributed by atoms with E-state index in [1.54, 1.807) is 13.1 Å². The number of sulfonamides is 1. The number of rotatable bonds is 9. The number of nitrogens with zero attached hydrogens (tertiary/aromatic N) is 1. The summed E-state index contributed by atoms with van der Waals surface area (Å²) in [7, 11) is -1.53. The van der Waals surface area contributed by atoms with Crippen molar-refractivity contribution in [1.82, 2.24) is 9.62 Å². The molecule has 114 valence electrons. The van der Waals surface area contributed by atoms with Gasteiger partial charge in [-0.1, -0.05) is 11.6 Å². The highest BCUT2D eigenvalue weighted by Gasteiger charge is 2.20. The summed E-state index contributed by atoms with van der Waals surface area (Å²) in [5.41, 5.74) is 0. The maximum atomic E-state index is 12.1. The van der Waals surface area contributed by atoms with Gasteiger partial charge in [0.05, 0.1) is 10.1 Å². The molecule has 1 aliphatic carbocycles. The quantitative estimate of drug-likeness (QED) is 0.705. The second-order valence-electron chi connectivity index (χ2n) is 5.21. The average molecular weight is 337 g/mol. The van der Waals surface area contributed by atoms with Crippen LogP contribution in [0.2, 0.25) is 4.34 Å².